The highest BCUT2D eigenvalue weighted by Crippen LogP contribution is 2.28. The Labute approximate surface area is 127 Å². The van der Waals surface area contributed by atoms with E-state index in [0.29, 0.717) is 12.6 Å². The fraction of sp³-hybridized carbons (Fsp3) is 0.750. The molecule has 0 aromatic carbocycles. The first kappa shape index (κ1) is 15.9. The highest BCUT2D eigenvalue weighted by molar-refractivity contribution is 5.67. The van der Waals surface area contributed by atoms with Gasteiger partial charge in [0.2, 0.25) is 0 Å². The minimum Gasteiger partial charge on any atom is -0.444 e. The Hall–Kier alpha value is -1.52. The molecule has 1 aromatic heterocycles. The van der Waals surface area contributed by atoms with Crippen molar-refractivity contribution in [3.05, 3.63) is 18.2 Å². The third kappa shape index (κ3) is 5.06. The number of amides is 1. The van der Waals surface area contributed by atoms with E-state index in [0.717, 1.165) is 6.42 Å². The molecule has 1 aliphatic carbocycles. The smallest absolute Gasteiger partial charge is 0.407 e. The van der Waals surface area contributed by atoms with Gasteiger partial charge < -0.3 is 14.6 Å². The molecule has 118 valence electrons. The second-order valence-electron chi connectivity index (χ2n) is 6.76. The Balaban J connectivity index is 1.81. The molecule has 0 aliphatic heterocycles. The third-order valence-corrected chi connectivity index (χ3v) is 3.76. The van der Waals surface area contributed by atoms with Crippen LogP contribution in [-0.2, 0) is 11.2 Å². The lowest BCUT2D eigenvalue weighted by Crippen LogP contribution is -2.33. The van der Waals surface area contributed by atoms with Gasteiger partial charge in [0, 0.05) is 30.9 Å². The predicted molar refractivity (Wildman–Crippen MR) is 82.3 cm³/mol. The quantitative estimate of drug-likeness (QED) is 0.925. The Morgan fingerprint density at radius 1 is 1.38 bits per heavy atom. The SMILES string of the molecule is CC(C)(C)OC(=O)NCCc1cncn1C1CCCCC1. The molecule has 5 nitrogen and oxygen atoms in total. The number of imidazole rings is 1. The van der Waals surface area contributed by atoms with Crippen LogP contribution in [0.2, 0.25) is 0 Å². The van der Waals surface area contributed by atoms with Crippen molar-refractivity contribution in [2.24, 2.45) is 0 Å². The van der Waals surface area contributed by atoms with E-state index in [-0.39, 0.29) is 6.09 Å². The van der Waals surface area contributed by atoms with Crippen LogP contribution < -0.4 is 5.32 Å². The summed E-state index contributed by atoms with van der Waals surface area (Å²) in [7, 11) is 0. The van der Waals surface area contributed by atoms with E-state index >= 15 is 0 Å². The summed E-state index contributed by atoms with van der Waals surface area (Å²) in [6.45, 7) is 6.17. The molecule has 0 bridgehead atoms. The topological polar surface area (TPSA) is 56.1 Å². The molecule has 0 spiro atoms. The van der Waals surface area contributed by atoms with Crippen LogP contribution in [0, 0.1) is 0 Å². The van der Waals surface area contributed by atoms with E-state index in [4.69, 9.17) is 4.74 Å². The lowest BCUT2D eigenvalue weighted by atomic mass is 9.95. The molecule has 1 N–H and O–H groups in total. The van der Waals surface area contributed by atoms with E-state index < -0.39 is 5.60 Å². The molecular weight excluding hydrogens is 266 g/mol. The molecule has 1 aliphatic rings. The Bertz CT molecular complexity index is 456. The van der Waals surface area contributed by atoms with Gasteiger partial charge in [-0.05, 0) is 33.6 Å². The molecular formula is C16H27N3O2. The zero-order valence-corrected chi connectivity index (χ0v) is 13.4. The summed E-state index contributed by atoms with van der Waals surface area (Å²) in [5.74, 6) is 0. The van der Waals surface area contributed by atoms with Crippen molar-refractivity contribution < 1.29 is 9.53 Å². The standard InChI is InChI=1S/C16H27N3O2/c1-16(2,3)21-15(20)18-10-9-14-11-17-12-19(14)13-7-5-4-6-8-13/h11-13H,4-10H2,1-3H3,(H,18,20). The maximum Gasteiger partial charge on any atom is 0.407 e. The highest BCUT2D eigenvalue weighted by atomic mass is 16.6. The number of nitrogens with one attached hydrogen (secondary N) is 1. The summed E-state index contributed by atoms with van der Waals surface area (Å²) in [6.07, 6.45) is 10.7. The van der Waals surface area contributed by atoms with E-state index in [9.17, 15) is 4.79 Å². The van der Waals surface area contributed by atoms with E-state index in [1.54, 1.807) is 0 Å². The minimum atomic E-state index is -0.450. The molecule has 0 atom stereocenters. The maximum atomic E-state index is 11.6. The second-order valence-corrected chi connectivity index (χ2v) is 6.76. The molecule has 1 heterocycles. The first-order valence-corrected chi connectivity index (χ1v) is 7.93. The largest absolute Gasteiger partial charge is 0.444 e. The van der Waals surface area contributed by atoms with E-state index in [2.05, 4.69) is 14.9 Å². The summed E-state index contributed by atoms with van der Waals surface area (Å²) in [6, 6.07) is 0.581. The average molecular weight is 293 g/mol. The van der Waals surface area contributed by atoms with Crippen LogP contribution in [0.1, 0.15) is 64.6 Å². The van der Waals surface area contributed by atoms with Crippen molar-refractivity contribution in [2.45, 2.75) is 70.9 Å². The minimum absolute atomic E-state index is 0.355. The van der Waals surface area contributed by atoms with Gasteiger partial charge >= 0.3 is 6.09 Å². The monoisotopic (exact) mass is 293 g/mol. The van der Waals surface area contributed by atoms with Crippen molar-refractivity contribution >= 4 is 6.09 Å². The van der Waals surface area contributed by atoms with Crippen molar-refractivity contribution in [3.8, 4) is 0 Å². The summed E-state index contributed by atoms with van der Waals surface area (Å²) >= 11 is 0. The summed E-state index contributed by atoms with van der Waals surface area (Å²) < 4.78 is 7.52. The van der Waals surface area contributed by atoms with Crippen LogP contribution in [0.15, 0.2) is 12.5 Å². The van der Waals surface area contributed by atoms with Gasteiger partial charge in [0.25, 0.3) is 0 Å². The first-order chi connectivity index (χ1) is 9.96. The normalized spacial score (nSPS) is 16.7. The average Bonchev–Trinajstić information content (AvgIpc) is 2.86. The second kappa shape index (κ2) is 6.96. The van der Waals surface area contributed by atoms with Gasteiger partial charge in [-0.2, -0.15) is 0 Å². The molecule has 0 unspecified atom stereocenters. The molecule has 1 saturated carbocycles. The van der Waals surface area contributed by atoms with Gasteiger partial charge in [-0.3, -0.25) is 0 Å². The third-order valence-electron chi connectivity index (χ3n) is 3.76. The number of carbonyl (C=O) groups is 1. The molecule has 1 aromatic rings. The molecule has 0 radical (unpaired) electrons. The van der Waals surface area contributed by atoms with Gasteiger partial charge in [0.15, 0.2) is 0 Å². The zero-order chi connectivity index (χ0) is 15.3. The fourth-order valence-electron chi connectivity index (χ4n) is 2.82. The van der Waals surface area contributed by atoms with Crippen molar-refractivity contribution in [2.75, 3.05) is 6.54 Å². The lowest BCUT2D eigenvalue weighted by Gasteiger charge is -2.25. The van der Waals surface area contributed by atoms with Crippen LogP contribution >= 0.6 is 0 Å². The number of alkyl carbamates (subject to hydrolysis) is 1. The van der Waals surface area contributed by atoms with E-state index in [1.165, 1.54) is 37.8 Å². The number of rotatable bonds is 4. The Morgan fingerprint density at radius 2 is 2.10 bits per heavy atom. The summed E-state index contributed by atoms with van der Waals surface area (Å²) in [5, 5.41) is 2.81. The van der Waals surface area contributed by atoms with Crippen LogP contribution in [-0.4, -0.2) is 27.8 Å². The van der Waals surface area contributed by atoms with Crippen LogP contribution in [0.3, 0.4) is 0 Å². The fourth-order valence-corrected chi connectivity index (χ4v) is 2.82. The molecule has 0 saturated heterocycles. The van der Waals surface area contributed by atoms with Crippen LogP contribution in [0.4, 0.5) is 4.79 Å². The maximum absolute atomic E-state index is 11.6. The Kier molecular flexibility index (Phi) is 5.26. The number of aromatic nitrogens is 2. The number of hydrogen-bond donors (Lipinski definition) is 1. The van der Waals surface area contributed by atoms with Crippen molar-refractivity contribution in [1.29, 1.82) is 0 Å². The predicted octanol–water partition coefficient (Wildman–Crippen LogP) is 3.46. The Morgan fingerprint density at radius 3 is 2.76 bits per heavy atom. The summed E-state index contributed by atoms with van der Waals surface area (Å²) in [5.41, 5.74) is 0.742. The van der Waals surface area contributed by atoms with Crippen LogP contribution in [0.25, 0.3) is 0 Å². The van der Waals surface area contributed by atoms with E-state index in [1.807, 2.05) is 33.3 Å². The van der Waals surface area contributed by atoms with Crippen molar-refractivity contribution in [1.82, 2.24) is 14.9 Å². The number of nitrogens with zero attached hydrogens (tertiary/aromatic N) is 2. The lowest BCUT2D eigenvalue weighted by molar-refractivity contribution is 0.0528. The zero-order valence-electron chi connectivity index (χ0n) is 13.4. The molecule has 1 fully saturated rings. The molecule has 21 heavy (non-hydrogen) atoms. The number of hydrogen-bond acceptors (Lipinski definition) is 3. The van der Waals surface area contributed by atoms with Gasteiger partial charge in [-0.15, -0.1) is 0 Å². The van der Waals surface area contributed by atoms with Crippen LogP contribution in [0.5, 0.6) is 0 Å². The van der Waals surface area contributed by atoms with Gasteiger partial charge in [0.05, 0.1) is 6.33 Å². The van der Waals surface area contributed by atoms with Gasteiger partial charge in [-0.25, -0.2) is 9.78 Å². The number of carbonyl (C=O) groups excluding carboxylic acids is 1. The van der Waals surface area contributed by atoms with Gasteiger partial charge in [0.1, 0.15) is 5.60 Å². The molecule has 5 heteroatoms. The number of ether oxygens (including phenoxy) is 1. The summed E-state index contributed by atoms with van der Waals surface area (Å²) in [4.78, 5) is 15.9. The van der Waals surface area contributed by atoms with Gasteiger partial charge in [-0.1, -0.05) is 19.3 Å². The first-order valence-electron chi connectivity index (χ1n) is 7.93. The van der Waals surface area contributed by atoms with Crippen molar-refractivity contribution in [3.63, 3.8) is 0 Å². The molecule has 2 rings (SSSR count). The highest BCUT2D eigenvalue weighted by Gasteiger charge is 2.18. The molecule has 1 amide bonds.